The Morgan fingerprint density at radius 3 is 2.62 bits per heavy atom. The topological polar surface area (TPSA) is 59.2 Å². The van der Waals surface area contributed by atoms with E-state index in [1.807, 2.05) is 4.90 Å². The standard InChI is InChI=1S/C12H17N3O/c1-8-6-15(7-9(8)2)12(16)10-5-14-4-3-11(10)13/h3-5,8-9H,6-7H2,1-2H3,(H2,13,14). The van der Waals surface area contributed by atoms with Crippen molar-refractivity contribution in [2.24, 2.45) is 11.8 Å². The molecule has 86 valence electrons. The second-order valence-corrected chi connectivity index (χ2v) is 4.63. The van der Waals surface area contributed by atoms with Crippen LogP contribution in [0.1, 0.15) is 24.2 Å². The van der Waals surface area contributed by atoms with Gasteiger partial charge in [0.05, 0.1) is 5.56 Å². The van der Waals surface area contributed by atoms with Crippen LogP contribution in [0.15, 0.2) is 18.5 Å². The zero-order valence-corrected chi connectivity index (χ0v) is 9.68. The summed E-state index contributed by atoms with van der Waals surface area (Å²) in [5.41, 5.74) is 6.79. The van der Waals surface area contributed by atoms with Crippen LogP contribution < -0.4 is 5.73 Å². The smallest absolute Gasteiger partial charge is 0.257 e. The van der Waals surface area contributed by atoms with Crippen LogP contribution in [0.25, 0.3) is 0 Å². The quantitative estimate of drug-likeness (QED) is 0.776. The van der Waals surface area contributed by atoms with E-state index >= 15 is 0 Å². The van der Waals surface area contributed by atoms with Crippen LogP contribution in [-0.4, -0.2) is 28.9 Å². The fraction of sp³-hybridized carbons (Fsp3) is 0.500. The summed E-state index contributed by atoms with van der Waals surface area (Å²) in [5, 5.41) is 0. The van der Waals surface area contributed by atoms with Crippen LogP contribution in [0.2, 0.25) is 0 Å². The minimum Gasteiger partial charge on any atom is -0.398 e. The van der Waals surface area contributed by atoms with Crippen molar-refractivity contribution in [2.75, 3.05) is 18.8 Å². The summed E-state index contributed by atoms with van der Waals surface area (Å²) in [5.74, 6) is 1.12. The van der Waals surface area contributed by atoms with Gasteiger partial charge in [-0.2, -0.15) is 0 Å². The second-order valence-electron chi connectivity index (χ2n) is 4.63. The number of pyridine rings is 1. The van der Waals surface area contributed by atoms with Crippen LogP contribution in [0.4, 0.5) is 5.69 Å². The van der Waals surface area contributed by atoms with Crippen molar-refractivity contribution in [1.29, 1.82) is 0 Å². The third-order valence-corrected chi connectivity index (χ3v) is 3.36. The number of carbonyl (C=O) groups is 1. The number of amides is 1. The lowest BCUT2D eigenvalue weighted by Crippen LogP contribution is -2.29. The summed E-state index contributed by atoms with van der Waals surface area (Å²) in [6.07, 6.45) is 3.15. The van der Waals surface area contributed by atoms with E-state index in [4.69, 9.17) is 5.73 Å². The van der Waals surface area contributed by atoms with E-state index in [1.165, 1.54) is 0 Å². The summed E-state index contributed by atoms with van der Waals surface area (Å²) in [4.78, 5) is 18.0. The molecule has 4 nitrogen and oxygen atoms in total. The highest BCUT2D eigenvalue weighted by atomic mass is 16.2. The minimum atomic E-state index is 0.00167. The third-order valence-electron chi connectivity index (χ3n) is 3.36. The number of likely N-dealkylation sites (tertiary alicyclic amines) is 1. The Kier molecular flexibility index (Phi) is 2.81. The molecule has 0 aromatic carbocycles. The molecule has 0 bridgehead atoms. The Morgan fingerprint density at radius 1 is 1.44 bits per heavy atom. The Morgan fingerprint density at radius 2 is 2.06 bits per heavy atom. The van der Waals surface area contributed by atoms with E-state index in [9.17, 15) is 4.79 Å². The Balaban J connectivity index is 2.18. The summed E-state index contributed by atoms with van der Waals surface area (Å²) >= 11 is 0. The van der Waals surface area contributed by atoms with Gasteiger partial charge in [0.15, 0.2) is 0 Å². The molecule has 2 N–H and O–H groups in total. The van der Waals surface area contributed by atoms with Gasteiger partial charge in [-0.15, -0.1) is 0 Å². The highest BCUT2D eigenvalue weighted by molar-refractivity contribution is 5.98. The minimum absolute atomic E-state index is 0.00167. The highest BCUT2D eigenvalue weighted by Gasteiger charge is 2.30. The molecule has 1 amide bonds. The van der Waals surface area contributed by atoms with Crippen molar-refractivity contribution in [3.8, 4) is 0 Å². The molecule has 2 unspecified atom stereocenters. The molecule has 1 aromatic heterocycles. The number of carbonyl (C=O) groups excluding carboxylic acids is 1. The zero-order valence-electron chi connectivity index (χ0n) is 9.68. The van der Waals surface area contributed by atoms with Gasteiger partial charge in [0.2, 0.25) is 0 Å². The number of anilines is 1. The van der Waals surface area contributed by atoms with Crippen molar-refractivity contribution in [3.63, 3.8) is 0 Å². The molecule has 2 heterocycles. The van der Waals surface area contributed by atoms with Crippen molar-refractivity contribution >= 4 is 11.6 Å². The molecule has 0 spiro atoms. The Hall–Kier alpha value is -1.58. The van der Waals surface area contributed by atoms with Crippen LogP contribution in [0.5, 0.6) is 0 Å². The maximum absolute atomic E-state index is 12.2. The Bertz CT molecular complexity index is 395. The highest BCUT2D eigenvalue weighted by Crippen LogP contribution is 2.24. The fourth-order valence-electron chi connectivity index (χ4n) is 2.05. The molecule has 1 aromatic rings. The summed E-state index contributed by atoms with van der Waals surface area (Å²) in [7, 11) is 0. The first-order valence-electron chi connectivity index (χ1n) is 5.58. The number of nitrogens with zero attached hydrogens (tertiary/aromatic N) is 2. The lowest BCUT2D eigenvalue weighted by Gasteiger charge is -2.16. The molecule has 1 saturated heterocycles. The molecule has 0 aliphatic carbocycles. The number of nitrogens with two attached hydrogens (primary N) is 1. The molecule has 4 heteroatoms. The van der Waals surface area contributed by atoms with Gasteiger partial charge in [-0.25, -0.2) is 0 Å². The molecular weight excluding hydrogens is 202 g/mol. The monoisotopic (exact) mass is 219 g/mol. The first-order chi connectivity index (χ1) is 7.59. The van der Waals surface area contributed by atoms with E-state index in [0.29, 0.717) is 23.1 Å². The SMILES string of the molecule is CC1CN(C(=O)c2cnccc2N)CC1C. The van der Waals surface area contributed by atoms with Gasteiger partial charge < -0.3 is 10.6 Å². The fourth-order valence-corrected chi connectivity index (χ4v) is 2.05. The second kappa shape index (κ2) is 4.12. The molecular formula is C12H17N3O. The average Bonchev–Trinajstić information content (AvgIpc) is 2.59. The third kappa shape index (κ3) is 1.87. The van der Waals surface area contributed by atoms with E-state index in [2.05, 4.69) is 18.8 Å². The predicted octanol–water partition coefficient (Wildman–Crippen LogP) is 1.39. The molecule has 2 rings (SSSR count). The van der Waals surface area contributed by atoms with Crippen LogP contribution in [-0.2, 0) is 0 Å². The lowest BCUT2D eigenvalue weighted by molar-refractivity contribution is 0.0785. The van der Waals surface area contributed by atoms with Crippen LogP contribution in [0.3, 0.4) is 0 Å². The zero-order chi connectivity index (χ0) is 11.7. The van der Waals surface area contributed by atoms with Gasteiger partial charge >= 0.3 is 0 Å². The number of nitrogen functional groups attached to an aromatic ring is 1. The molecule has 1 fully saturated rings. The molecule has 0 radical (unpaired) electrons. The molecule has 1 aliphatic heterocycles. The first-order valence-corrected chi connectivity index (χ1v) is 5.58. The normalized spacial score (nSPS) is 24.8. The van der Waals surface area contributed by atoms with E-state index in [1.54, 1.807) is 18.5 Å². The van der Waals surface area contributed by atoms with Gasteiger partial charge in [0.25, 0.3) is 5.91 Å². The van der Waals surface area contributed by atoms with E-state index in [-0.39, 0.29) is 5.91 Å². The molecule has 1 aliphatic rings. The molecule has 16 heavy (non-hydrogen) atoms. The number of hydrogen-bond donors (Lipinski definition) is 1. The lowest BCUT2D eigenvalue weighted by atomic mass is 10.0. The Labute approximate surface area is 95.5 Å². The van der Waals surface area contributed by atoms with Gasteiger partial charge in [0, 0.05) is 31.2 Å². The van der Waals surface area contributed by atoms with Crippen molar-refractivity contribution in [3.05, 3.63) is 24.0 Å². The molecule has 0 saturated carbocycles. The average molecular weight is 219 g/mol. The summed E-state index contributed by atoms with van der Waals surface area (Å²) in [6, 6.07) is 1.66. The largest absolute Gasteiger partial charge is 0.398 e. The van der Waals surface area contributed by atoms with E-state index < -0.39 is 0 Å². The maximum Gasteiger partial charge on any atom is 0.257 e. The summed E-state index contributed by atoms with van der Waals surface area (Å²) < 4.78 is 0. The van der Waals surface area contributed by atoms with E-state index in [0.717, 1.165) is 13.1 Å². The van der Waals surface area contributed by atoms with Gasteiger partial charge in [-0.1, -0.05) is 13.8 Å². The number of aromatic nitrogens is 1. The van der Waals surface area contributed by atoms with Crippen molar-refractivity contribution in [1.82, 2.24) is 9.88 Å². The first kappa shape index (κ1) is 10.9. The summed E-state index contributed by atoms with van der Waals surface area (Å²) in [6.45, 7) is 5.97. The predicted molar refractivity (Wildman–Crippen MR) is 62.9 cm³/mol. The number of hydrogen-bond acceptors (Lipinski definition) is 3. The van der Waals surface area contributed by atoms with Gasteiger partial charge in [0.1, 0.15) is 0 Å². The molecule has 2 atom stereocenters. The van der Waals surface area contributed by atoms with Crippen LogP contribution >= 0.6 is 0 Å². The van der Waals surface area contributed by atoms with Gasteiger partial charge in [-0.3, -0.25) is 9.78 Å². The van der Waals surface area contributed by atoms with Crippen molar-refractivity contribution in [2.45, 2.75) is 13.8 Å². The van der Waals surface area contributed by atoms with Gasteiger partial charge in [-0.05, 0) is 17.9 Å². The van der Waals surface area contributed by atoms with Crippen molar-refractivity contribution < 1.29 is 4.79 Å². The van der Waals surface area contributed by atoms with Crippen LogP contribution in [0, 0.1) is 11.8 Å². The maximum atomic E-state index is 12.2. The number of rotatable bonds is 1.